The normalized spacial score (nSPS) is 17.6. The van der Waals surface area contributed by atoms with Gasteiger partial charge in [-0.25, -0.2) is 9.59 Å². The lowest BCUT2D eigenvalue weighted by Gasteiger charge is -2.28. The molecule has 1 aromatic carbocycles. The summed E-state index contributed by atoms with van der Waals surface area (Å²) in [4.78, 5) is 51.9. The van der Waals surface area contributed by atoms with E-state index in [-0.39, 0.29) is 24.3 Å². The molecule has 1 atom stereocenters. The fourth-order valence-electron chi connectivity index (χ4n) is 4.16. The number of esters is 2. The first-order valence-electron chi connectivity index (χ1n) is 10.4. The molecule has 2 aliphatic heterocycles. The number of halogens is 1. The summed E-state index contributed by atoms with van der Waals surface area (Å²) in [7, 11) is 1.25. The van der Waals surface area contributed by atoms with Crippen molar-refractivity contribution >= 4 is 39.7 Å². The van der Waals surface area contributed by atoms with Crippen LogP contribution in [0.5, 0.6) is 0 Å². The highest BCUT2D eigenvalue weighted by atomic mass is 79.9. The van der Waals surface area contributed by atoms with Crippen LogP contribution in [0.2, 0.25) is 0 Å². The summed E-state index contributed by atoms with van der Waals surface area (Å²) in [5.74, 6) is -2.72. The molecule has 34 heavy (non-hydrogen) atoms. The number of allylic oxidation sites excluding steroid dienone is 2. The van der Waals surface area contributed by atoms with Gasteiger partial charge in [0, 0.05) is 11.4 Å². The van der Waals surface area contributed by atoms with Gasteiger partial charge in [0.05, 0.1) is 41.8 Å². The van der Waals surface area contributed by atoms with Crippen molar-refractivity contribution in [2.75, 3.05) is 20.3 Å². The van der Waals surface area contributed by atoms with Crippen molar-refractivity contribution in [1.82, 2.24) is 10.2 Å². The molecule has 0 aliphatic carbocycles. The number of furan rings is 1. The molecule has 176 valence electrons. The predicted molar refractivity (Wildman–Crippen MR) is 122 cm³/mol. The quantitative estimate of drug-likeness (QED) is 0.448. The van der Waals surface area contributed by atoms with Gasteiger partial charge in [-0.2, -0.15) is 0 Å². The number of carbonyl (C=O) groups is 4. The third-order valence-corrected chi connectivity index (χ3v) is 6.12. The summed E-state index contributed by atoms with van der Waals surface area (Å²) in [5, 5.41) is 3.03. The van der Waals surface area contributed by atoms with E-state index in [1.165, 1.54) is 7.11 Å². The van der Waals surface area contributed by atoms with E-state index in [0.29, 0.717) is 33.0 Å². The van der Waals surface area contributed by atoms with Crippen LogP contribution in [0.1, 0.15) is 46.2 Å². The number of amides is 2. The maximum atomic E-state index is 13.2. The van der Waals surface area contributed by atoms with E-state index in [9.17, 15) is 19.2 Å². The van der Waals surface area contributed by atoms with Crippen molar-refractivity contribution in [3.05, 3.63) is 80.5 Å². The number of carbonyl (C=O) groups excluding carboxylic acids is 4. The average molecular weight is 529 g/mol. The number of dihydropyridines is 1. The van der Waals surface area contributed by atoms with Gasteiger partial charge in [0.25, 0.3) is 11.8 Å². The monoisotopic (exact) mass is 528 g/mol. The molecule has 4 rings (SSSR count). The van der Waals surface area contributed by atoms with Gasteiger partial charge >= 0.3 is 11.9 Å². The number of imide groups is 1. The van der Waals surface area contributed by atoms with Crippen LogP contribution in [0.25, 0.3) is 0 Å². The molecular weight excluding hydrogens is 508 g/mol. The molecule has 2 amide bonds. The third-order valence-electron chi connectivity index (χ3n) is 5.69. The Morgan fingerprint density at radius 1 is 1.00 bits per heavy atom. The Morgan fingerprint density at radius 3 is 2.12 bits per heavy atom. The molecule has 1 N–H and O–H groups in total. The Kier molecular flexibility index (Phi) is 6.43. The maximum Gasteiger partial charge on any atom is 0.336 e. The first-order valence-corrected chi connectivity index (χ1v) is 11.2. The average Bonchev–Trinajstić information content (AvgIpc) is 3.35. The molecule has 9 nitrogen and oxygen atoms in total. The molecule has 10 heteroatoms. The highest BCUT2D eigenvalue weighted by Crippen LogP contribution is 2.40. The van der Waals surface area contributed by atoms with Gasteiger partial charge in [0.15, 0.2) is 4.67 Å². The van der Waals surface area contributed by atoms with E-state index < -0.39 is 29.7 Å². The zero-order chi connectivity index (χ0) is 24.6. The van der Waals surface area contributed by atoms with E-state index >= 15 is 0 Å². The number of benzene rings is 1. The van der Waals surface area contributed by atoms with Crippen LogP contribution in [-0.2, 0) is 19.1 Å². The summed E-state index contributed by atoms with van der Waals surface area (Å²) in [6.07, 6.45) is 0. The van der Waals surface area contributed by atoms with Crippen LogP contribution in [-0.4, -0.2) is 48.9 Å². The molecule has 0 spiro atoms. The molecule has 2 aromatic rings. The van der Waals surface area contributed by atoms with Crippen LogP contribution >= 0.6 is 15.9 Å². The minimum Gasteiger partial charge on any atom is -0.466 e. The number of ether oxygens (including phenoxy) is 2. The molecule has 2 aliphatic rings. The topological polar surface area (TPSA) is 115 Å². The highest BCUT2D eigenvalue weighted by molar-refractivity contribution is 9.10. The van der Waals surface area contributed by atoms with Gasteiger partial charge in [0.2, 0.25) is 0 Å². The number of hydrogen-bond donors (Lipinski definition) is 1. The second kappa shape index (κ2) is 9.30. The number of hydrogen-bond acceptors (Lipinski definition) is 8. The number of fused-ring (bicyclic) bond motifs is 1. The Hall–Kier alpha value is -3.66. The molecule has 3 heterocycles. The molecule has 0 radical (unpaired) electrons. The Bertz CT molecular complexity index is 1240. The molecular formula is C24H21BrN2O7. The summed E-state index contributed by atoms with van der Waals surface area (Å²) in [5.41, 5.74) is 2.01. The molecule has 0 bridgehead atoms. The van der Waals surface area contributed by atoms with E-state index in [1.807, 2.05) is 0 Å². The van der Waals surface area contributed by atoms with Crippen LogP contribution in [0.15, 0.2) is 68.0 Å². The maximum absolute atomic E-state index is 13.2. The first-order chi connectivity index (χ1) is 16.2. The van der Waals surface area contributed by atoms with Crippen molar-refractivity contribution in [2.45, 2.75) is 19.8 Å². The summed E-state index contributed by atoms with van der Waals surface area (Å²) < 4.78 is 16.5. The molecule has 0 saturated carbocycles. The second-order valence-electron chi connectivity index (χ2n) is 7.71. The lowest BCUT2D eigenvalue weighted by atomic mass is 9.83. The van der Waals surface area contributed by atoms with Crippen LogP contribution in [0.3, 0.4) is 0 Å². The van der Waals surface area contributed by atoms with Crippen molar-refractivity contribution < 1.29 is 33.1 Å². The minimum absolute atomic E-state index is 0.104. The Morgan fingerprint density at radius 2 is 1.59 bits per heavy atom. The van der Waals surface area contributed by atoms with E-state index in [4.69, 9.17) is 13.9 Å². The van der Waals surface area contributed by atoms with Crippen LogP contribution in [0, 0.1) is 0 Å². The number of nitrogens with one attached hydrogen (secondary N) is 1. The number of methoxy groups -OCH3 is 1. The fourth-order valence-corrected chi connectivity index (χ4v) is 4.48. The summed E-state index contributed by atoms with van der Waals surface area (Å²) in [6, 6.07) is 9.83. The Labute approximate surface area is 203 Å². The van der Waals surface area contributed by atoms with Gasteiger partial charge < -0.3 is 19.2 Å². The third kappa shape index (κ3) is 4.05. The fraction of sp³-hybridized carbons (Fsp3) is 0.250. The van der Waals surface area contributed by atoms with E-state index in [2.05, 4.69) is 21.2 Å². The van der Waals surface area contributed by atoms with Crippen molar-refractivity contribution in [1.29, 1.82) is 0 Å². The Balaban J connectivity index is 1.54. The van der Waals surface area contributed by atoms with E-state index in [0.717, 1.165) is 4.90 Å². The molecule has 0 fully saturated rings. The zero-order valence-electron chi connectivity index (χ0n) is 18.6. The number of nitrogens with zero attached hydrogens (tertiary/aromatic N) is 1. The lowest BCUT2D eigenvalue weighted by molar-refractivity contribution is -0.139. The largest absolute Gasteiger partial charge is 0.466 e. The molecule has 1 unspecified atom stereocenters. The van der Waals surface area contributed by atoms with Gasteiger partial charge in [-0.1, -0.05) is 12.1 Å². The van der Waals surface area contributed by atoms with Crippen molar-refractivity contribution in [3.63, 3.8) is 0 Å². The van der Waals surface area contributed by atoms with Crippen molar-refractivity contribution in [2.24, 2.45) is 0 Å². The van der Waals surface area contributed by atoms with E-state index in [1.54, 1.807) is 50.2 Å². The van der Waals surface area contributed by atoms with Crippen LogP contribution in [0.4, 0.5) is 0 Å². The number of rotatable bonds is 6. The summed E-state index contributed by atoms with van der Waals surface area (Å²) in [6.45, 7) is 3.06. The van der Waals surface area contributed by atoms with Crippen molar-refractivity contribution in [3.8, 4) is 0 Å². The van der Waals surface area contributed by atoms with Gasteiger partial charge in [-0.3, -0.25) is 14.5 Å². The smallest absolute Gasteiger partial charge is 0.336 e. The second-order valence-corrected chi connectivity index (χ2v) is 8.49. The SMILES string of the molecule is COC(=O)C1=C(C)NC(C)=C(C(=O)OCCN2C(=O)c3ccccc3C2=O)C1c1ccc(Br)o1. The first kappa shape index (κ1) is 23.5. The highest BCUT2D eigenvalue weighted by Gasteiger charge is 2.40. The standard InChI is InChI=1S/C24H21BrN2O7/c1-12-18(23(30)32-3)20(16-8-9-17(25)34-16)19(13(2)26-12)24(31)33-11-10-27-21(28)14-6-4-5-7-15(14)22(27)29/h4-9,20,26H,10-11H2,1-3H3. The minimum atomic E-state index is -0.869. The lowest BCUT2D eigenvalue weighted by Crippen LogP contribution is -2.35. The van der Waals surface area contributed by atoms with Gasteiger partial charge in [0.1, 0.15) is 12.4 Å². The molecule has 0 saturated heterocycles. The molecule has 1 aromatic heterocycles. The summed E-state index contributed by atoms with van der Waals surface area (Å²) >= 11 is 3.25. The zero-order valence-corrected chi connectivity index (χ0v) is 20.2. The predicted octanol–water partition coefficient (Wildman–Crippen LogP) is 3.29. The van der Waals surface area contributed by atoms with Gasteiger partial charge in [-0.15, -0.1) is 0 Å². The van der Waals surface area contributed by atoms with Crippen LogP contribution < -0.4 is 5.32 Å². The van der Waals surface area contributed by atoms with Gasteiger partial charge in [-0.05, 0) is 54.0 Å².